The Kier molecular flexibility index (Phi) is 3.87. The molecule has 18 heavy (non-hydrogen) atoms. The van der Waals surface area contributed by atoms with Crippen LogP contribution in [-0.4, -0.2) is 36.8 Å². The van der Waals surface area contributed by atoms with E-state index in [0.717, 1.165) is 19.6 Å². The first-order chi connectivity index (χ1) is 8.59. The summed E-state index contributed by atoms with van der Waals surface area (Å²) in [6.45, 7) is 6.68. The minimum Gasteiger partial charge on any atom is -0.481 e. The quantitative estimate of drug-likeness (QED) is 0.852. The first kappa shape index (κ1) is 12.9. The number of carboxylic acids is 1. The molecule has 0 amide bonds. The van der Waals surface area contributed by atoms with E-state index < -0.39 is 5.97 Å². The molecule has 0 aromatic heterocycles. The van der Waals surface area contributed by atoms with Gasteiger partial charge in [0.2, 0.25) is 0 Å². The van der Waals surface area contributed by atoms with Gasteiger partial charge in [0, 0.05) is 25.3 Å². The Morgan fingerprint density at radius 3 is 2.72 bits per heavy atom. The van der Waals surface area contributed by atoms with Gasteiger partial charge in [-0.25, -0.2) is 0 Å². The summed E-state index contributed by atoms with van der Waals surface area (Å²) in [5, 5.41) is 12.3. The van der Waals surface area contributed by atoms with E-state index in [9.17, 15) is 4.79 Å². The predicted octanol–water partition coefficient (Wildman–Crippen LogP) is 1.56. The molecule has 98 valence electrons. The SMILES string of the molecule is Cc1cccc(C)c1N1CCNCC1CC(=O)O. The van der Waals surface area contributed by atoms with E-state index in [1.807, 2.05) is 6.07 Å². The number of piperazine rings is 1. The molecule has 0 aliphatic carbocycles. The highest BCUT2D eigenvalue weighted by atomic mass is 16.4. The van der Waals surface area contributed by atoms with Crippen molar-refractivity contribution in [3.8, 4) is 0 Å². The van der Waals surface area contributed by atoms with E-state index in [1.54, 1.807) is 0 Å². The molecule has 0 spiro atoms. The van der Waals surface area contributed by atoms with Crippen LogP contribution in [0.25, 0.3) is 0 Å². The van der Waals surface area contributed by atoms with E-state index >= 15 is 0 Å². The molecule has 1 atom stereocenters. The van der Waals surface area contributed by atoms with Gasteiger partial charge in [-0.3, -0.25) is 4.79 Å². The Hall–Kier alpha value is -1.55. The molecule has 1 aromatic rings. The smallest absolute Gasteiger partial charge is 0.305 e. The molecule has 2 rings (SSSR count). The maximum absolute atomic E-state index is 11.0. The van der Waals surface area contributed by atoms with Gasteiger partial charge in [0.15, 0.2) is 0 Å². The fourth-order valence-electron chi connectivity index (χ4n) is 2.70. The third-order valence-electron chi connectivity index (χ3n) is 3.49. The lowest BCUT2D eigenvalue weighted by Gasteiger charge is -2.39. The zero-order valence-corrected chi connectivity index (χ0v) is 10.9. The molecule has 1 aliphatic heterocycles. The van der Waals surface area contributed by atoms with Crippen molar-refractivity contribution in [2.75, 3.05) is 24.5 Å². The minimum absolute atomic E-state index is 0.0380. The van der Waals surface area contributed by atoms with Crippen LogP contribution in [0, 0.1) is 13.8 Å². The minimum atomic E-state index is -0.736. The number of hydrogen-bond acceptors (Lipinski definition) is 3. The van der Waals surface area contributed by atoms with Gasteiger partial charge in [0.1, 0.15) is 0 Å². The Morgan fingerprint density at radius 2 is 2.11 bits per heavy atom. The number of nitrogens with one attached hydrogen (secondary N) is 1. The van der Waals surface area contributed by atoms with Crippen molar-refractivity contribution in [3.05, 3.63) is 29.3 Å². The number of carbonyl (C=O) groups is 1. The number of benzene rings is 1. The summed E-state index contributed by atoms with van der Waals surface area (Å²) >= 11 is 0. The van der Waals surface area contributed by atoms with Gasteiger partial charge in [-0.15, -0.1) is 0 Å². The van der Waals surface area contributed by atoms with Crippen LogP contribution in [0.1, 0.15) is 17.5 Å². The van der Waals surface area contributed by atoms with Crippen LogP contribution in [0.5, 0.6) is 0 Å². The van der Waals surface area contributed by atoms with Gasteiger partial charge >= 0.3 is 5.97 Å². The monoisotopic (exact) mass is 248 g/mol. The summed E-state index contributed by atoms with van der Waals surface area (Å²) in [6, 6.07) is 6.25. The van der Waals surface area contributed by atoms with Crippen molar-refractivity contribution in [1.29, 1.82) is 0 Å². The molecule has 1 unspecified atom stereocenters. The predicted molar refractivity (Wildman–Crippen MR) is 72.2 cm³/mol. The summed E-state index contributed by atoms with van der Waals surface area (Å²) in [4.78, 5) is 13.2. The second-order valence-electron chi connectivity index (χ2n) is 4.89. The number of anilines is 1. The topological polar surface area (TPSA) is 52.6 Å². The molecule has 0 bridgehead atoms. The van der Waals surface area contributed by atoms with Gasteiger partial charge in [-0.05, 0) is 25.0 Å². The first-order valence-corrected chi connectivity index (χ1v) is 6.35. The Balaban J connectivity index is 2.30. The van der Waals surface area contributed by atoms with Crippen LogP contribution in [-0.2, 0) is 4.79 Å². The Bertz CT molecular complexity index is 425. The summed E-state index contributed by atoms with van der Waals surface area (Å²) < 4.78 is 0. The van der Waals surface area contributed by atoms with Gasteiger partial charge in [0.05, 0.1) is 12.5 Å². The van der Waals surface area contributed by atoms with Gasteiger partial charge in [-0.2, -0.15) is 0 Å². The van der Waals surface area contributed by atoms with E-state index in [0.29, 0.717) is 0 Å². The number of para-hydroxylation sites is 1. The molecule has 0 saturated carbocycles. The maximum atomic E-state index is 11.0. The highest BCUT2D eigenvalue weighted by Crippen LogP contribution is 2.27. The molecule has 1 heterocycles. The lowest BCUT2D eigenvalue weighted by atomic mass is 10.0. The molecule has 4 nitrogen and oxygen atoms in total. The second-order valence-corrected chi connectivity index (χ2v) is 4.89. The van der Waals surface area contributed by atoms with Crippen molar-refractivity contribution >= 4 is 11.7 Å². The van der Waals surface area contributed by atoms with E-state index in [-0.39, 0.29) is 12.5 Å². The normalized spacial score (nSPS) is 19.9. The largest absolute Gasteiger partial charge is 0.481 e. The maximum Gasteiger partial charge on any atom is 0.305 e. The molecule has 2 N–H and O–H groups in total. The second kappa shape index (κ2) is 5.40. The van der Waals surface area contributed by atoms with Crippen molar-refractivity contribution < 1.29 is 9.90 Å². The van der Waals surface area contributed by atoms with Crippen LogP contribution in [0.3, 0.4) is 0 Å². The molecule has 1 saturated heterocycles. The lowest BCUT2D eigenvalue weighted by molar-refractivity contribution is -0.137. The van der Waals surface area contributed by atoms with Crippen LogP contribution in [0.15, 0.2) is 18.2 Å². The summed E-state index contributed by atoms with van der Waals surface area (Å²) in [6.07, 6.45) is 0.181. The number of aryl methyl sites for hydroxylation is 2. The molecule has 1 aliphatic rings. The molecular formula is C14H20N2O2. The Labute approximate surface area is 108 Å². The van der Waals surface area contributed by atoms with Crippen LogP contribution in [0.2, 0.25) is 0 Å². The number of rotatable bonds is 3. The van der Waals surface area contributed by atoms with Crippen LogP contribution >= 0.6 is 0 Å². The Morgan fingerprint density at radius 1 is 1.44 bits per heavy atom. The summed E-state index contributed by atoms with van der Waals surface area (Å²) in [5.74, 6) is -0.736. The molecule has 1 aromatic carbocycles. The molecule has 4 heteroatoms. The van der Waals surface area contributed by atoms with E-state index in [4.69, 9.17) is 5.11 Å². The van der Waals surface area contributed by atoms with Crippen molar-refractivity contribution in [1.82, 2.24) is 5.32 Å². The van der Waals surface area contributed by atoms with Crippen molar-refractivity contribution in [2.45, 2.75) is 26.3 Å². The van der Waals surface area contributed by atoms with Crippen LogP contribution in [0.4, 0.5) is 5.69 Å². The lowest BCUT2D eigenvalue weighted by Crippen LogP contribution is -2.52. The molecule has 1 fully saturated rings. The zero-order valence-electron chi connectivity index (χ0n) is 10.9. The third kappa shape index (κ3) is 2.64. The van der Waals surface area contributed by atoms with Gasteiger partial charge in [0.25, 0.3) is 0 Å². The van der Waals surface area contributed by atoms with E-state index in [2.05, 4.69) is 36.2 Å². The molecular weight excluding hydrogens is 228 g/mol. The van der Waals surface area contributed by atoms with E-state index in [1.165, 1.54) is 16.8 Å². The summed E-state index contributed by atoms with van der Waals surface area (Å²) in [5.41, 5.74) is 3.63. The summed E-state index contributed by atoms with van der Waals surface area (Å²) in [7, 11) is 0. The number of aliphatic carboxylic acids is 1. The number of hydrogen-bond donors (Lipinski definition) is 2. The molecule has 0 radical (unpaired) electrons. The van der Waals surface area contributed by atoms with Crippen LogP contribution < -0.4 is 10.2 Å². The fourth-order valence-corrected chi connectivity index (χ4v) is 2.70. The van der Waals surface area contributed by atoms with Crippen molar-refractivity contribution in [3.63, 3.8) is 0 Å². The number of nitrogens with zero attached hydrogens (tertiary/aromatic N) is 1. The average molecular weight is 248 g/mol. The average Bonchev–Trinajstić information content (AvgIpc) is 2.30. The highest BCUT2D eigenvalue weighted by molar-refractivity contribution is 5.69. The van der Waals surface area contributed by atoms with Gasteiger partial charge in [-0.1, -0.05) is 18.2 Å². The zero-order chi connectivity index (χ0) is 13.1. The fraction of sp³-hybridized carbons (Fsp3) is 0.500. The standard InChI is InChI=1S/C14H20N2O2/c1-10-4-3-5-11(2)14(10)16-7-6-15-9-12(16)8-13(17)18/h3-5,12,15H,6-9H2,1-2H3,(H,17,18). The highest BCUT2D eigenvalue weighted by Gasteiger charge is 2.26. The number of carboxylic acid groups (broad SMARTS) is 1. The van der Waals surface area contributed by atoms with Gasteiger partial charge < -0.3 is 15.3 Å². The third-order valence-corrected chi connectivity index (χ3v) is 3.49. The van der Waals surface area contributed by atoms with Crippen molar-refractivity contribution in [2.24, 2.45) is 0 Å². The first-order valence-electron chi connectivity index (χ1n) is 6.35.